The highest BCUT2D eigenvalue weighted by molar-refractivity contribution is 5.43. The first-order valence-electron chi connectivity index (χ1n) is 9.30. The highest BCUT2D eigenvalue weighted by Gasteiger charge is 2.27. The smallest absolute Gasteiger partial charge is 0.0877 e. The Hall–Kier alpha value is -1.34. The Labute approximate surface area is 146 Å². The zero-order valence-corrected chi connectivity index (χ0v) is 14.7. The van der Waals surface area contributed by atoms with Crippen molar-refractivity contribution in [3.8, 4) is 11.8 Å². The van der Waals surface area contributed by atoms with Crippen LogP contribution in [0.2, 0.25) is 0 Å². The van der Waals surface area contributed by atoms with Gasteiger partial charge in [0.15, 0.2) is 0 Å². The Kier molecular flexibility index (Phi) is 6.72. The van der Waals surface area contributed by atoms with Crippen LogP contribution < -0.4 is 5.32 Å². The molecule has 2 atom stereocenters. The molecular formula is C21H29NO2. The van der Waals surface area contributed by atoms with Gasteiger partial charge < -0.3 is 14.8 Å². The van der Waals surface area contributed by atoms with Crippen molar-refractivity contribution >= 4 is 0 Å². The number of methoxy groups -OCH3 is 1. The van der Waals surface area contributed by atoms with Gasteiger partial charge in [0.25, 0.3) is 0 Å². The third-order valence-corrected chi connectivity index (χ3v) is 4.81. The van der Waals surface area contributed by atoms with E-state index in [1.54, 1.807) is 7.11 Å². The maximum absolute atomic E-state index is 6.35. The van der Waals surface area contributed by atoms with Gasteiger partial charge >= 0.3 is 0 Å². The van der Waals surface area contributed by atoms with E-state index >= 15 is 0 Å². The van der Waals surface area contributed by atoms with Crippen LogP contribution in [0, 0.1) is 23.7 Å². The van der Waals surface area contributed by atoms with Crippen LogP contribution in [0.1, 0.15) is 49.3 Å². The van der Waals surface area contributed by atoms with Gasteiger partial charge in [-0.25, -0.2) is 0 Å². The first kappa shape index (κ1) is 17.5. The maximum atomic E-state index is 6.35. The molecule has 1 aliphatic carbocycles. The summed E-state index contributed by atoms with van der Waals surface area (Å²) >= 11 is 0. The molecule has 3 nitrogen and oxygen atoms in total. The molecule has 1 saturated carbocycles. The monoisotopic (exact) mass is 327 g/mol. The lowest BCUT2D eigenvalue weighted by Gasteiger charge is -2.31. The molecule has 3 heteroatoms. The van der Waals surface area contributed by atoms with E-state index < -0.39 is 0 Å². The van der Waals surface area contributed by atoms with Crippen LogP contribution in [0.3, 0.4) is 0 Å². The predicted molar refractivity (Wildman–Crippen MR) is 96.8 cm³/mol. The van der Waals surface area contributed by atoms with Crippen LogP contribution in [-0.4, -0.2) is 33.4 Å². The molecular weight excluding hydrogens is 298 g/mol. The summed E-state index contributed by atoms with van der Waals surface area (Å²) in [5, 5.41) is 3.53. The number of hydrogen-bond donors (Lipinski definition) is 1. The summed E-state index contributed by atoms with van der Waals surface area (Å²) in [7, 11) is 1.74. The molecule has 0 radical (unpaired) electrons. The van der Waals surface area contributed by atoms with Gasteiger partial charge in [-0.1, -0.05) is 30.0 Å². The largest absolute Gasteiger partial charge is 0.385 e. The first-order valence-corrected chi connectivity index (χ1v) is 9.30. The van der Waals surface area contributed by atoms with Gasteiger partial charge in [-0.3, -0.25) is 0 Å². The number of nitrogens with one attached hydrogen (secondary N) is 1. The van der Waals surface area contributed by atoms with Gasteiger partial charge in [0.05, 0.1) is 6.10 Å². The Morgan fingerprint density at radius 3 is 2.83 bits per heavy atom. The fraction of sp³-hybridized carbons (Fsp3) is 0.619. The molecule has 1 aromatic rings. The summed E-state index contributed by atoms with van der Waals surface area (Å²) in [5.74, 6) is 7.97. The van der Waals surface area contributed by atoms with Crippen molar-refractivity contribution in [1.29, 1.82) is 0 Å². The Morgan fingerprint density at radius 1 is 1.21 bits per heavy atom. The molecule has 0 spiro atoms. The van der Waals surface area contributed by atoms with Crippen LogP contribution in [-0.2, 0) is 9.47 Å². The van der Waals surface area contributed by atoms with Crippen molar-refractivity contribution in [2.75, 3.05) is 33.4 Å². The molecule has 130 valence electrons. The molecule has 3 rings (SSSR count). The Balaban J connectivity index is 1.77. The van der Waals surface area contributed by atoms with E-state index in [1.807, 2.05) is 0 Å². The lowest BCUT2D eigenvalue weighted by molar-refractivity contribution is -0.00515. The molecule has 2 fully saturated rings. The fourth-order valence-corrected chi connectivity index (χ4v) is 3.30. The van der Waals surface area contributed by atoms with Crippen molar-refractivity contribution in [2.24, 2.45) is 11.8 Å². The summed E-state index contributed by atoms with van der Waals surface area (Å²) in [6.45, 7) is 3.63. The molecule has 24 heavy (non-hydrogen) atoms. The Bertz CT molecular complexity index is 565. The summed E-state index contributed by atoms with van der Waals surface area (Å²) in [5.41, 5.74) is 2.41. The molecule has 2 unspecified atom stereocenters. The second-order valence-corrected chi connectivity index (χ2v) is 6.88. The van der Waals surface area contributed by atoms with E-state index in [4.69, 9.17) is 9.47 Å². The molecule has 1 N–H and O–H groups in total. The summed E-state index contributed by atoms with van der Waals surface area (Å²) in [4.78, 5) is 0. The second kappa shape index (κ2) is 9.22. The van der Waals surface area contributed by atoms with Gasteiger partial charge in [0.1, 0.15) is 0 Å². The van der Waals surface area contributed by atoms with Crippen molar-refractivity contribution in [3.05, 3.63) is 35.4 Å². The normalized spacial score (nSPS) is 21.8. The van der Waals surface area contributed by atoms with Crippen molar-refractivity contribution < 1.29 is 9.47 Å². The Morgan fingerprint density at radius 2 is 2.08 bits per heavy atom. The quantitative estimate of drug-likeness (QED) is 0.614. The number of ether oxygens (including phenoxy) is 2. The average Bonchev–Trinajstić information content (AvgIpc) is 3.46. The summed E-state index contributed by atoms with van der Waals surface area (Å²) < 4.78 is 11.5. The minimum absolute atomic E-state index is 0.124. The van der Waals surface area contributed by atoms with Crippen LogP contribution in [0.25, 0.3) is 0 Å². The van der Waals surface area contributed by atoms with E-state index in [0.29, 0.717) is 11.8 Å². The summed E-state index contributed by atoms with van der Waals surface area (Å²) in [6.07, 6.45) is 6.02. The van der Waals surface area contributed by atoms with E-state index in [1.165, 1.54) is 31.2 Å². The minimum atomic E-state index is 0.124. The highest BCUT2D eigenvalue weighted by Crippen LogP contribution is 2.33. The van der Waals surface area contributed by atoms with E-state index in [9.17, 15) is 0 Å². The maximum Gasteiger partial charge on any atom is 0.0877 e. The fourth-order valence-electron chi connectivity index (χ4n) is 3.30. The molecule has 1 saturated heterocycles. The molecule has 0 amide bonds. The van der Waals surface area contributed by atoms with Crippen LogP contribution in [0.5, 0.6) is 0 Å². The van der Waals surface area contributed by atoms with Gasteiger partial charge in [-0.2, -0.15) is 0 Å². The van der Waals surface area contributed by atoms with Gasteiger partial charge in [0.2, 0.25) is 0 Å². The van der Waals surface area contributed by atoms with Crippen molar-refractivity contribution in [1.82, 2.24) is 5.32 Å². The SMILES string of the molecule is COCCCOC(c1ccccc1C#CC1CC1)C1CCCNC1. The molecule has 0 aromatic heterocycles. The molecule has 1 aromatic carbocycles. The van der Waals surface area contributed by atoms with Crippen molar-refractivity contribution in [3.63, 3.8) is 0 Å². The zero-order chi connectivity index (χ0) is 16.6. The number of benzene rings is 1. The van der Waals surface area contributed by atoms with Gasteiger partial charge in [-0.05, 0) is 50.3 Å². The average molecular weight is 327 g/mol. The van der Waals surface area contributed by atoms with E-state index in [0.717, 1.165) is 38.3 Å². The minimum Gasteiger partial charge on any atom is -0.385 e. The van der Waals surface area contributed by atoms with E-state index in [-0.39, 0.29) is 6.10 Å². The molecule has 1 heterocycles. The van der Waals surface area contributed by atoms with Gasteiger partial charge in [0, 0.05) is 44.3 Å². The predicted octanol–water partition coefficient (Wildman–Crippen LogP) is 3.54. The first-order chi connectivity index (χ1) is 11.9. The lowest BCUT2D eigenvalue weighted by Crippen LogP contribution is -2.34. The topological polar surface area (TPSA) is 30.5 Å². The lowest BCUT2D eigenvalue weighted by atomic mass is 9.87. The molecule has 0 bridgehead atoms. The molecule has 2 aliphatic rings. The molecule has 1 aliphatic heterocycles. The highest BCUT2D eigenvalue weighted by atomic mass is 16.5. The van der Waals surface area contributed by atoms with Crippen LogP contribution in [0.4, 0.5) is 0 Å². The zero-order valence-electron chi connectivity index (χ0n) is 14.7. The third-order valence-electron chi connectivity index (χ3n) is 4.81. The van der Waals surface area contributed by atoms with Crippen LogP contribution >= 0.6 is 0 Å². The number of hydrogen-bond acceptors (Lipinski definition) is 3. The number of piperidine rings is 1. The summed E-state index contributed by atoms with van der Waals surface area (Å²) in [6, 6.07) is 8.54. The number of rotatable bonds is 7. The van der Waals surface area contributed by atoms with E-state index in [2.05, 4.69) is 41.4 Å². The third kappa shape index (κ3) is 5.08. The second-order valence-electron chi connectivity index (χ2n) is 6.88. The standard InChI is InChI=1S/C21H29NO2/c1-23-14-5-15-24-21(19-7-4-13-22-16-19)20-8-3-2-6-18(20)12-11-17-9-10-17/h2-3,6,8,17,19,21-22H,4-5,7,9-10,13-16H2,1H3. The van der Waals surface area contributed by atoms with Crippen molar-refractivity contribution in [2.45, 2.75) is 38.2 Å². The van der Waals surface area contributed by atoms with Gasteiger partial charge in [-0.15, -0.1) is 0 Å². The van der Waals surface area contributed by atoms with Crippen LogP contribution in [0.15, 0.2) is 24.3 Å².